The first-order chi connectivity index (χ1) is 14.0. The van der Waals surface area contributed by atoms with E-state index in [-0.39, 0.29) is 23.0 Å². The Morgan fingerprint density at radius 3 is 2.41 bits per heavy atom. The summed E-state index contributed by atoms with van der Waals surface area (Å²) in [6.45, 7) is 3.47. The molecular weight excluding hydrogens is 388 g/mol. The molecule has 4 rings (SSSR count). The summed E-state index contributed by atoms with van der Waals surface area (Å²) in [5.41, 5.74) is 2.07. The van der Waals surface area contributed by atoms with E-state index >= 15 is 0 Å². The second-order valence-corrected chi connectivity index (χ2v) is 9.35. The van der Waals surface area contributed by atoms with Crippen LogP contribution in [0.1, 0.15) is 12.1 Å². The zero-order chi connectivity index (χ0) is 20.3. The van der Waals surface area contributed by atoms with E-state index in [9.17, 15) is 13.2 Å². The Labute approximate surface area is 170 Å². The first-order valence-corrected chi connectivity index (χ1v) is 11.4. The van der Waals surface area contributed by atoms with Crippen molar-refractivity contribution in [2.45, 2.75) is 17.9 Å². The fraction of sp³-hybridized carbons (Fsp3) is 0.333. The van der Waals surface area contributed by atoms with E-state index < -0.39 is 9.84 Å². The van der Waals surface area contributed by atoms with Gasteiger partial charge in [-0.3, -0.25) is 9.69 Å². The molecule has 152 valence electrons. The van der Waals surface area contributed by atoms with Gasteiger partial charge in [-0.25, -0.2) is 12.9 Å². The summed E-state index contributed by atoms with van der Waals surface area (Å²) in [7, 11) is -3.43. The Morgan fingerprint density at radius 1 is 0.966 bits per heavy atom. The minimum Gasteiger partial charge on any atom is -0.340 e. The number of hydrogen-bond donors (Lipinski definition) is 0. The fourth-order valence-corrected chi connectivity index (χ4v) is 4.83. The van der Waals surface area contributed by atoms with Crippen LogP contribution in [0.3, 0.4) is 0 Å². The van der Waals surface area contributed by atoms with Crippen molar-refractivity contribution in [1.29, 1.82) is 0 Å². The van der Waals surface area contributed by atoms with E-state index in [2.05, 4.69) is 16.1 Å². The van der Waals surface area contributed by atoms with E-state index in [1.165, 1.54) is 0 Å². The number of amides is 1. The van der Waals surface area contributed by atoms with Gasteiger partial charge in [-0.2, -0.15) is 5.10 Å². The van der Waals surface area contributed by atoms with Gasteiger partial charge in [0, 0.05) is 45.3 Å². The molecule has 0 radical (unpaired) electrons. The molecule has 0 spiro atoms. The van der Waals surface area contributed by atoms with Gasteiger partial charge in [0.25, 0.3) is 0 Å². The third-order valence-electron chi connectivity index (χ3n) is 5.22. The van der Waals surface area contributed by atoms with Gasteiger partial charge in [-0.1, -0.05) is 24.3 Å². The summed E-state index contributed by atoms with van der Waals surface area (Å²) in [5.74, 6) is -0.256. The summed E-state index contributed by atoms with van der Waals surface area (Å²) >= 11 is 0. The molecule has 29 heavy (non-hydrogen) atoms. The van der Waals surface area contributed by atoms with Crippen LogP contribution in [0.5, 0.6) is 0 Å². The summed E-state index contributed by atoms with van der Waals surface area (Å²) in [6.07, 6.45) is 1.95. The molecule has 1 aliphatic heterocycles. The molecule has 7 nitrogen and oxygen atoms in total. The zero-order valence-corrected chi connectivity index (χ0v) is 17.0. The van der Waals surface area contributed by atoms with E-state index in [1.807, 2.05) is 28.9 Å². The topological polar surface area (TPSA) is 75.0 Å². The van der Waals surface area contributed by atoms with Crippen LogP contribution in [-0.4, -0.2) is 65.7 Å². The lowest BCUT2D eigenvalue weighted by Crippen LogP contribution is -2.48. The second-order valence-electron chi connectivity index (χ2n) is 7.24. The van der Waals surface area contributed by atoms with Crippen LogP contribution in [0.4, 0.5) is 0 Å². The molecule has 1 saturated heterocycles. The number of nitrogens with zero attached hydrogens (tertiary/aromatic N) is 4. The highest BCUT2D eigenvalue weighted by Crippen LogP contribution is 2.14. The molecule has 0 aliphatic carbocycles. The van der Waals surface area contributed by atoms with Gasteiger partial charge in [0.2, 0.25) is 5.91 Å². The molecule has 8 heteroatoms. The van der Waals surface area contributed by atoms with Gasteiger partial charge in [0.15, 0.2) is 9.84 Å². The van der Waals surface area contributed by atoms with Gasteiger partial charge in [0.05, 0.1) is 21.9 Å². The highest BCUT2D eigenvalue weighted by Gasteiger charge is 2.23. The van der Waals surface area contributed by atoms with Crippen molar-refractivity contribution in [2.75, 3.05) is 31.9 Å². The highest BCUT2D eigenvalue weighted by molar-refractivity contribution is 7.91. The van der Waals surface area contributed by atoms with Crippen molar-refractivity contribution >= 4 is 21.3 Å². The third kappa shape index (κ3) is 4.65. The second kappa shape index (κ2) is 8.34. The SMILES string of the molecule is O=C(CCS(=O)(=O)c1ccccc1)N1CCN(Cc2cc3ccccn3n2)CC1. The van der Waals surface area contributed by atoms with E-state index in [0.29, 0.717) is 13.1 Å². The Bertz CT molecular complexity index is 1050. The number of carbonyl (C=O) groups excluding carboxylic acids is 1. The maximum Gasteiger partial charge on any atom is 0.223 e. The molecule has 3 heterocycles. The molecule has 0 atom stereocenters. The molecule has 0 saturated carbocycles. The quantitative estimate of drug-likeness (QED) is 0.618. The monoisotopic (exact) mass is 412 g/mol. The summed E-state index contributed by atoms with van der Waals surface area (Å²) in [4.78, 5) is 16.8. The Hall–Kier alpha value is -2.71. The minimum absolute atomic E-state index is 0.0175. The molecule has 1 amide bonds. The molecule has 1 aromatic carbocycles. The maximum atomic E-state index is 12.5. The number of aromatic nitrogens is 2. The van der Waals surface area contributed by atoms with Crippen molar-refractivity contribution in [1.82, 2.24) is 19.4 Å². The van der Waals surface area contributed by atoms with E-state index in [1.54, 1.807) is 35.2 Å². The van der Waals surface area contributed by atoms with Crippen molar-refractivity contribution in [2.24, 2.45) is 0 Å². The predicted molar refractivity (Wildman–Crippen MR) is 110 cm³/mol. The summed E-state index contributed by atoms with van der Waals surface area (Å²) in [5, 5.41) is 4.57. The molecule has 2 aromatic heterocycles. The van der Waals surface area contributed by atoms with Crippen molar-refractivity contribution in [3.63, 3.8) is 0 Å². The maximum absolute atomic E-state index is 12.5. The van der Waals surface area contributed by atoms with Gasteiger partial charge in [-0.05, 0) is 30.3 Å². The number of pyridine rings is 1. The fourth-order valence-electron chi connectivity index (χ4n) is 3.58. The number of sulfone groups is 1. The molecular formula is C21H24N4O3S. The summed E-state index contributed by atoms with van der Waals surface area (Å²) < 4.78 is 26.6. The van der Waals surface area contributed by atoms with Crippen LogP contribution < -0.4 is 0 Å². The average molecular weight is 413 g/mol. The van der Waals surface area contributed by atoms with Crippen LogP contribution in [0.2, 0.25) is 0 Å². The Balaban J connectivity index is 1.27. The highest BCUT2D eigenvalue weighted by atomic mass is 32.2. The van der Waals surface area contributed by atoms with Crippen LogP contribution >= 0.6 is 0 Å². The first kappa shape index (κ1) is 19.6. The van der Waals surface area contributed by atoms with Crippen molar-refractivity contribution in [3.05, 3.63) is 66.5 Å². The third-order valence-corrected chi connectivity index (χ3v) is 6.95. The largest absolute Gasteiger partial charge is 0.340 e. The Kier molecular flexibility index (Phi) is 5.64. The lowest BCUT2D eigenvalue weighted by Gasteiger charge is -2.34. The van der Waals surface area contributed by atoms with Crippen molar-refractivity contribution < 1.29 is 13.2 Å². The number of fused-ring (bicyclic) bond motifs is 1. The predicted octanol–water partition coefficient (Wildman–Crippen LogP) is 1.84. The smallest absolute Gasteiger partial charge is 0.223 e. The number of rotatable bonds is 6. The lowest BCUT2D eigenvalue weighted by molar-refractivity contribution is -0.132. The molecule has 0 N–H and O–H groups in total. The van der Waals surface area contributed by atoms with Crippen LogP contribution in [0.15, 0.2) is 65.7 Å². The minimum atomic E-state index is -3.43. The zero-order valence-electron chi connectivity index (χ0n) is 16.1. The van der Waals surface area contributed by atoms with E-state index in [0.717, 1.165) is 30.8 Å². The molecule has 0 unspecified atom stereocenters. The van der Waals surface area contributed by atoms with Crippen LogP contribution in [-0.2, 0) is 21.2 Å². The molecule has 1 aliphatic rings. The number of carbonyl (C=O) groups is 1. The number of hydrogen-bond acceptors (Lipinski definition) is 5. The van der Waals surface area contributed by atoms with Crippen molar-refractivity contribution in [3.8, 4) is 0 Å². The lowest BCUT2D eigenvalue weighted by atomic mass is 10.2. The van der Waals surface area contributed by atoms with Crippen LogP contribution in [0.25, 0.3) is 5.52 Å². The standard InChI is InChI=1S/C21H24N4O3S/c26-21(9-15-29(27,28)20-7-2-1-3-8-20)24-13-11-23(12-14-24)17-18-16-19-6-4-5-10-25(19)22-18/h1-8,10,16H,9,11-15,17H2. The van der Waals surface area contributed by atoms with E-state index in [4.69, 9.17) is 0 Å². The molecule has 0 bridgehead atoms. The number of benzene rings is 1. The molecule has 3 aromatic rings. The van der Waals surface area contributed by atoms with Gasteiger partial charge >= 0.3 is 0 Å². The van der Waals surface area contributed by atoms with Crippen LogP contribution in [0, 0.1) is 0 Å². The first-order valence-electron chi connectivity index (χ1n) is 9.72. The summed E-state index contributed by atoms with van der Waals surface area (Å²) in [6, 6.07) is 16.3. The van der Waals surface area contributed by atoms with Gasteiger partial charge < -0.3 is 4.90 Å². The normalized spacial score (nSPS) is 15.7. The molecule has 1 fully saturated rings. The number of piperazine rings is 1. The van der Waals surface area contributed by atoms with Gasteiger partial charge in [-0.15, -0.1) is 0 Å². The van der Waals surface area contributed by atoms with Gasteiger partial charge in [0.1, 0.15) is 0 Å². The Morgan fingerprint density at radius 2 is 1.69 bits per heavy atom. The average Bonchev–Trinajstić information content (AvgIpc) is 3.15.